The molecule has 0 amide bonds. The smallest absolute Gasteiger partial charge is 0.0894 e. The summed E-state index contributed by atoms with van der Waals surface area (Å²) >= 11 is 1.89. The minimum Gasteiger partial charge on any atom is -0.252 e. The van der Waals surface area contributed by atoms with Gasteiger partial charge in [-0.25, -0.2) is 4.98 Å². The largest absolute Gasteiger partial charge is 0.252 e. The number of para-hydroxylation sites is 2. The lowest BCUT2D eigenvalue weighted by Crippen LogP contribution is -1.88. The van der Waals surface area contributed by atoms with Gasteiger partial charge in [0.1, 0.15) is 0 Å². The van der Waals surface area contributed by atoms with Crippen LogP contribution >= 0.6 is 11.8 Å². The molecular weight excluding hydrogens is 264 g/mol. The lowest BCUT2D eigenvalue weighted by atomic mass is 10.1. The van der Waals surface area contributed by atoms with Crippen LogP contribution in [-0.4, -0.2) is 15.7 Å². The van der Waals surface area contributed by atoms with Gasteiger partial charge in [-0.2, -0.15) is 0 Å². The van der Waals surface area contributed by atoms with Crippen molar-refractivity contribution in [3.8, 4) is 11.3 Å². The molecule has 3 aromatic rings. The third-order valence-corrected chi connectivity index (χ3v) is 4.29. The number of fused-ring (bicyclic) bond motifs is 1. The van der Waals surface area contributed by atoms with E-state index in [0.29, 0.717) is 0 Å². The third-order valence-electron chi connectivity index (χ3n) is 3.07. The fourth-order valence-corrected chi connectivity index (χ4v) is 2.81. The van der Waals surface area contributed by atoms with Crippen molar-refractivity contribution < 1.29 is 0 Å². The van der Waals surface area contributed by atoms with Gasteiger partial charge in [-0.05, 0) is 36.4 Å². The van der Waals surface area contributed by atoms with Crippen molar-refractivity contribution in [1.82, 2.24) is 9.97 Å². The van der Waals surface area contributed by atoms with Gasteiger partial charge in [0.2, 0.25) is 0 Å². The molecule has 0 bridgehead atoms. The van der Waals surface area contributed by atoms with Gasteiger partial charge in [0.05, 0.1) is 22.9 Å². The van der Waals surface area contributed by atoms with Gasteiger partial charge in [-0.3, -0.25) is 4.98 Å². The van der Waals surface area contributed by atoms with Crippen LogP contribution in [0.4, 0.5) is 0 Å². The molecule has 3 rings (SSSR count). The number of hydrogen-bond acceptors (Lipinski definition) is 3. The number of thioether (sulfide) groups is 1. The topological polar surface area (TPSA) is 25.8 Å². The molecule has 0 aliphatic carbocycles. The van der Waals surface area contributed by atoms with Crippen molar-refractivity contribution in [1.29, 1.82) is 0 Å². The van der Waals surface area contributed by atoms with Gasteiger partial charge in [0.15, 0.2) is 0 Å². The molecule has 0 aliphatic rings. The first kappa shape index (κ1) is 13.1. The number of hydrogen-bond donors (Lipinski definition) is 0. The fraction of sp³-hybridized carbons (Fsp3) is 0.176. The zero-order chi connectivity index (χ0) is 13.8. The molecule has 3 heteroatoms. The maximum absolute atomic E-state index is 4.67. The minimum absolute atomic E-state index is 0.927. The monoisotopic (exact) mass is 280 g/mol. The predicted molar refractivity (Wildman–Crippen MR) is 86.0 cm³/mol. The van der Waals surface area contributed by atoms with Crippen LogP contribution in [-0.2, 0) is 0 Å². The van der Waals surface area contributed by atoms with E-state index in [9.17, 15) is 0 Å². The average molecular weight is 280 g/mol. The molecule has 1 heterocycles. The molecule has 0 radical (unpaired) electrons. The Morgan fingerprint density at radius 1 is 0.950 bits per heavy atom. The van der Waals surface area contributed by atoms with Crippen molar-refractivity contribution in [3.05, 3.63) is 54.7 Å². The Kier molecular flexibility index (Phi) is 3.97. The van der Waals surface area contributed by atoms with E-state index in [0.717, 1.165) is 28.0 Å². The van der Waals surface area contributed by atoms with Crippen LogP contribution in [0.1, 0.15) is 13.3 Å². The molecule has 2 nitrogen and oxygen atoms in total. The minimum atomic E-state index is 0.927. The zero-order valence-corrected chi connectivity index (χ0v) is 12.2. The molecule has 0 fully saturated rings. The fourth-order valence-electron chi connectivity index (χ4n) is 2.04. The molecule has 0 saturated heterocycles. The van der Waals surface area contributed by atoms with Gasteiger partial charge in [0.25, 0.3) is 0 Å². The highest BCUT2D eigenvalue weighted by Gasteiger charge is 2.02. The lowest BCUT2D eigenvalue weighted by Gasteiger charge is -2.04. The molecule has 0 spiro atoms. The highest BCUT2D eigenvalue weighted by atomic mass is 32.2. The Morgan fingerprint density at radius 2 is 1.70 bits per heavy atom. The Labute approximate surface area is 123 Å². The summed E-state index contributed by atoms with van der Waals surface area (Å²) in [6.45, 7) is 2.20. The van der Waals surface area contributed by atoms with Gasteiger partial charge in [-0.15, -0.1) is 11.8 Å². The maximum Gasteiger partial charge on any atom is 0.0894 e. The zero-order valence-electron chi connectivity index (χ0n) is 11.4. The summed E-state index contributed by atoms with van der Waals surface area (Å²) in [5.41, 5.74) is 3.92. The number of benzene rings is 2. The lowest BCUT2D eigenvalue weighted by molar-refractivity contribution is 1.10. The summed E-state index contributed by atoms with van der Waals surface area (Å²) < 4.78 is 0. The van der Waals surface area contributed by atoms with Crippen LogP contribution in [0, 0.1) is 0 Å². The molecule has 100 valence electrons. The van der Waals surface area contributed by atoms with Crippen LogP contribution < -0.4 is 0 Å². The van der Waals surface area contributed by atoms with Crippen LogP contribution in [0.15, 0.2) is 59.6 Å². The molecule has 0 saturated carbocycles. The Bertz CT molecular complexity index is 708. The second-order valence-corrected chi connectivity index (χ2v) is 5.79. The van der Waals surface area contributed by atoms with Crippen molar-refractivity contribution >= 4 is 22.8 Å². The van der Waals surface area contributed by atoms with Crippen molar-refractivity contribution in [3.63, 3.8) is 0 Å². The first-order valence-electron chi connectivity index (χ1n) is 6.82. The van der Waals surface area contributed by atoms with E-state index in [1.54, 1.807) is 0 Å². The quantitative estimate of drug-likeness (QED) is 0.642. The SMILES string of the molecule is CCCSc1ccc(-c2cnc3ccccc3n2)cc1. The molecule has 2 aromatic carbocycles. The molecule has 0 atom stereocenters. The molecule has 0 aliphatic heterocycles. The van der Waals surface area contributed by atoms with Crippen LogP contribution in [0.5, 0.6) is 0 Å². The molecule has 20 heavy (non-hydrogen) atoms. The standard InChI is InChI=1S/C17H16N2S/c1-2-11-20-14-9-7-13(8-10-14)17-12-18-15-5-3-4-6-16(15)19-17/h3-10,12H,2,11H2,1H3. The second kappa shape index (κ2) is 6.06. The summed E-state index contributed by atoms with van der Waals surface area (Å²) in [5.74, 6) is 1.16. The summed E-state index contributed by atoms with van der Waals surface area (Å²) in [7, 11) is 0. The maximum atomic E-state index is 4.67. The summed E-state index contributed by atoms with van der Waals surface area (Å²) in [4.78, 5) is 10.4. The average Bonchev–Trinajstić information content (AvgIpc) is 2.53. The summed E-state index contributed by atoms with van der Waals surface area (Å²) in [5, 5.41) is 0. The van der Waals surface area contributed by atoms with Gasteiger partial charge < -0.3 is 0 Å². The van der Waals surface area contributed by atoms with E-state index in [1.165, 1.54) is 11.3 Å². The first-order valence-corrected chi connectivity index (χ1v) is 7.80. The Hall–Kier alpha value is -1.87. The summed E-state index contributed by atoms with van der Waals surface area (Å²) in [6.07, 6.45) is 3.04. The number of aromatic nitrogens is 2. The molecule has 1 aromatic heterocycles. The molecule has 0 unspecified atom stereocenters. The van der Waals surface area contributed by atoms with Crippen molar-refractivity contribution in [2.75, 3.05) is 5.75 Å². The van der Waals surface area contributed by atoms with E-state index in [2.05, 4.69) is 41.2 Å². The molecule has 0 N–H and O–H groups in total. The van der Waals surface area contributed by atoms with Crippen LogP contribution in [0.3, 0.4) is 0 Å². The Morgan fingerprint density at radius 3 is 2.45 bits per heavy atom. The van der Waals surface area contributed by atoms with Gasteiger partial charge in [0, 0.05) is 10.5 Å². The van der Waals surface area contributed by atoms with Crippen molar-refractivity contribution in [2.45, 2.75) is 18.2 Å². The van der Waals surface area contributed by atoms with Gasteiger partial charge in [-0.1, -0.05) is 31.2 Å². The number of rotatable bonds is 4. The van der Waals surface area contributed by atoms with Crippen LogP contribution in [0.25, 0.3) is 22.3 Å². The predicted octanol–water partition coefficient (Wildman–Crippen LogP) is 4.80. The normalized spacial score (nSPS) is 10.8. The number of nitrogens with zero attached hydrogens (tertiary/aromatic N) is 2. The second-order valence-electron chi connectivity index (χ2n) is 4.62. The highest BCUT2D eigenvalue weighted by molar-refractivity contribution is 7.99. The van der Waals surface area contributed by atoms with Crippen molar-refractivity contribution in [2.24, 2.45) is 0 Å². The van der Waals surface area contributed by atoms with E-state index >= 15 is 0 Å². The van der Waals surface area contributed by atoms with Gasteiger partial charge >= 0.3 is 0 Å². The van der Waals surface area contributed by atoms with Crippen LogP contribution in [0.2, 0.25) is 0 Å². The first-order chi connectivity index (χ1) is 9.86. The highest BCUT2D eigenvalue weighted by Crippen LogP contribution is 2.24. The summed E-state index contributed by atoms with van der Waals surface area (Å²) in [6, 6.07) is 16.5. The Balaban J connectivity index is 1.90. The van der Waals surface area contributed by atoms with E-state index in [1.807, 2.05) is 42.2 Å². The molecular formula is C17H16N2S. The third kappa shape index (κ3) is 2.83. The van der Waals surface area contributed by atoms with E-state index < -0.39 is 0 Å². The van der Waals surface area contributed by atoms with E-state index in [4.69, 9.17) is 0 Å². The van der Waals surface area contributed by atoms with E-state index in [-0.39, 0.29) is 0 Å².